The highest BCUT2D eigenvalue weighted by molar-refractivity contribution is 7.90. The number of rotatable bonds is 5. The van der Waals surface area contributed by atoms with Gasteiger partial charge in [0.05, 0.1) is 5.69 Å². The molecule has 6 nitrogen and oxygen atoms in total. The van der Waals surface area contributed by atoms with Gasteiger partial charge in [-0.1, -0.05) is 25.1 Å². The number of para-hydroxylation sites is 1. The van der Waals surface area contributed by atoms with Gasteiger partial charge in [-0.15, -0.1) is 0 Å². The number of nitrogens with one attached hydrogen (secondary N) is 1. The smallest absolute Gasteiger partial charge is 0.267 e. The second-order valence-electron chi connectivity index (χ2n) is 4.62. The van der Waals surface area contributed by atoms with Crippen LogP contribution in [0.3, 0.4) is 0 Å². The number of carbonyl (C=O) groups excluding carboxylic acids is 1. The van der Waals surface area contributed by atoms with E-state index in [1.165, 1.54) is 12.4 Å². The number of amides is 1. The van der Waals surface area contributed by atoms with Crippen molar-refractivity contribution in [3.8, 4) is 0 Å². The molecule has 0 aliphatic heterocycles. The molecule has 1 N–H and O–H groups in total. The molecule has 0 saturated carbocycles. The Bertz CT molecular complexity index is 761. The van der Waals surface area contributed by atoms with Crippen LogP contribution in [0.4, 0.5) is 11.4 Å². The molecular formula is C15H17N3O3S. The first-order chi connectivity index (χ1) is 10.5. The standard InChI is InChI=1S/C15H17N3O3S/c1-3-15(19)17-22(20,21)14-11-16-10-9-13(14)18(2)12-7-5-4-6-8-12/h4-11H,3H2,1-2H3,(H,17,19). The fourth-order valence-electron chi connectivity index (χ4n) is 1.92. The van der Waals surface area contributed by atoms with Crippen molar-refractivity contribution >= 4 is 27.3 Å². The molecule has 0 unspecified atom stereocenters. The van der Waals surface area contributed by atoms with E-state index in [0.717, 1.165) is 5.69 Å². The van der Waals surface area contributed by atoms with Crippen LogP contribution in [0, 0.1) is 0 Å². The van der Waals surface area contributed by atoms with E-state index < -0.39 is 15.9 Å². The maximum absolute atomic E-state index is 12.4. The Hall–Kier alpha value is -2.41. The zero-order chi connectivity index (χ0) is 16.2. The normalized spacial score (nSPS) is 11.0. The number of hydrogen-bond acceptors (Lipinski definition) is 5. The SMILES string of the molecule is CCC(=O)NS(=O)(=O)c1cnccc1N(C)c1ccccc1. The van der Waals surface area contributed by atoms with E-state index in [9.17, 15) is 13.2 Å². The molecule has 0 atom stereocenters. The number of anilines is 2. The van der Waals surface area contributed by atoms with Crippen LogP contribution in [0.5, 0.6) is 0 Å². The number of benzene rings is 1. The van der Waals surface area contributed by atoms with Crippen molar-refractivity contribution in [1.82, 2.24) is 9.71 Å². The van der Waals surface area contributed by atoms with Crippen LogP contribution in [0.25, 0.3) is 0 Å². The van der Waals surface area contributed by atoms with Gasteiger partial charge in [0.25, 0.3) is 10.0 Å². The van der Waals surface area contributed by atoms with E-state index in [-0.39, 0.29) is 11.3 Å². The lowest BCUT2D eigenvalue weighted by atomic mass is 10.2. The van der Waals surface area contributed by atoms with Gasteiger partial charge < -0.3 is 4.90 Å². The van der Waals surface area contributed by atoms with Crippen molar-refractivity contribution in [3.63, 3.8) is 0 Å². The largest absolute Gasteiger partial charge is 0.343 e. The molecular weight excluding hydrogens is 302 g/mol. The van der Waals surface area contributed by atoms with E-state index in [1.54, 1.807) is 24.9 Å². The van der Waals surface area contributed by atoms with Gasteiger partial charge in [0.2, 0.25) is 5.91 Å². The maximum Gasteiger partial charge on any atom is 0.267 e. The van der Waals surface area contributed by atoms with Gasteiger partial charge in [-0.3, -0.25) is 9.78 Å². The third-order valence-corrected chi connectivity index (χ3v) is 4.52. The van der Waals surface area contributed by atoms with Crippen molar-refractivity contribution in [1.29, 1.82) is 0 Å². The van der Waals surface area contributed by atoms with Gasteiger partial charge >= 0.3 is 0 Å². The lowest BCUT2D eigenvalue weighted by molar-refractivity contribution is -0.119. The van der Waals surface area contributed by atoms with E-state index in [2.05, 4.69) is 4.98 Å². The average Bonchev–Trinajstić information content (AvgIpc) is 2.54. The molecule has 2 aromatic rings. The second kappa shape index (κ2) is 6.57. The van der Waals surface area contributed by atoms with Gasteiger partial charge in [0.1, 0.15) is 4.90 Å². The summed E-state index contributed by atoms with van der Waals surface area (Å²) in [5, 5.41) is 0. The fourth-order valence-corrected chi connectivity index (χ4v) is 3.16. The summed E-state index contributed by atoms with van der Waals surface area (Å²) >= 11 is 0. The summed E-state index contributed by atoms with van der Waals surface area (Å²) in [4.78, 5) is 17.0. The molecule has 1 aromatic carbocycles. The number of carbonyl (C=O) groups is 1. The fraction of sp³-hybridized carbons (Fsp3) is 0.200. The predicted octanol–water partition coefficient (Wildman–Crippen LogP) is 2.06. The molecule has 116 valence electrons. The van der Waals surface area contributed by atoms with Crippen LogP contribution < -0.4 is 9.62 Å². The van der Waals surface area contributed by atoms with Crippen molar-refractivity contribution in [3.05, 3.63) is 48.8 Å². The highest BCUT2D eigenvalue weighted by Gasteiger charge is 2.23. The molecule has 0 aliphatic rings. The van der Waals surface area contributed by atoms with Crippen molar-refractivity contribution in [2.45, 2.75) is 18.2 Å². The molecule has 2 rings (SSSR count). The molecule has 7 heteroatoms. The van der Waals surface area contributed by atoms with Crippen LogP contribution in [0.15, 0.2) is 53.7 Å². The van der Waals surface area contributed by atoms with Gasteiger partial charge in [0.15, 0.2) is 0 Å². The highest BCUT2D eigenvalue weighted by atomic mass is 32.2. The number of nitrogens with zero attached hydrogens (tertiary/aromatic N) is 2. The number of aromatic nitrogens is 1. The van der Waals surface area contributed by atoms with E-state index in [4.69, 9.17) is 0 Å². The Kier molecular flexibility index (Phi) is 4.77. The van der Waals surface area contributed by atoms with Crippen LogP contribution in [0.1, 0.15) is 13.3 Å². The molecule has 0 radical (unpaired) electrons. The van der Waals surface area contributed by atoms with Gasteiger partial charge in [-0.2, -0.15) is 0 Å². The Morgan fingerprint density at radius 2 is 1.91 bits per heavy atom. The summed E-state index contributed by atoms with van der Waals surface area (Å²) in [5.41, 5.74) is 1.27. The minimum absolute atomic E-state index is 0.0387. The van der Waals surface area contributed by atoms with Crippen LogP contribution in [-0.2, 0) is 14.8 Å². The first-order valence-electron chi connectivity index (χ1n) is 6.74. The summed E-state index contributed by atoms with van der Waals surface area (Å²) in [6.45, 7) is 1.59. The topological polar surface area (TPSA) is 79.4 Å². The molecule has 1 heterocycles. The monoisotopic (exact) mass is 319 g/mol. The molecule has 0 fully saturated rings. The summed E-state index contributed by atoms with van der Waals surface area (Å²) in [6, 6.07) is 10.9. The molecule has 0 aliphatic carbocycles. The van der Waals surface area contributed by atoms with Crippen molar-refractivity contribution in [2.24, 2.45) is 0 Å². The zero-order valence-corrected chi connectivity index (χ0v) is 13.2. The Morgan fingerprint density at radius 3 is 2.55 bits per heavy atom. The van der Waals surface area contributed by atoms with Crippen molar-refractivity contribution < 1.29 is 13.2 Å². The third kappa shape index (κ3) is 3.43. The summed E-state index contributed by atoms with van der Waals surface area (Å²) < 4.78 is 26.8. The molecule has 1 aromatic heterocycles. The van der Waals surface area contributed by atoms with Crippen molar-refractivity contribution in [2.75, 3.05) is 11.9 Å². The van der Waals surface area contributed by atoms with Gasteiger partial charge in [0, 0.05) is 31.5 Å². The van der Waals surface area contributed by atoms with E-state index >= 15 is 0 Å². The highest BCUT2D eigenvalue weighted by Crippen LogP contribution is 2.28. The second-order valence-corrected chi connectivity index (χ2v) is 6.27. The maximum atomic E-state index is 12.4. The zero-order valence-electron chi connectivity index (χ0n) is 12.4. The first-order valence-corrected chi connectivity index (χ1v) is 8.22. The minimum Gasteiger partial charge on any atom is -0.343 e. The van der Waals surface area contributed by atoms with E-state index in [0.29, 0.717) is 5.69 Å². The molecule has 22 heavy (non-hydrogen) atoms. The summed E-state index contributed by atoms with van der Waals surface area (Å²) in [7, 11) is -2.20. The molecule has 1 amide bonds. The average molecular weight is 319 g/mol. The minimum atomic E-state index is -3.96. The van der Waals surface area contributed by atoms with Gasteiger partial charge in [-0.05, 0) is 18.2 Å². The van der Waals surface area contributed by atoms with E-state index in [1.807, 2.05) is 35.1 Å². The van der Waals surface area contributed by atoms with Crippen LogP contribution >= 0.6 is 0 Å². The van der Waals surface area contributed by atoms with Crippen LogP contribution in [0.2, 0.25) is 0 Å². The first kappa shape index (κ1) is 16.0. The summed E-state index contributed by atoms with van der Waals surface area (Å²) in [6.07, 6.45) is 2.83. The summed E-state index contributed by atoms with van der Waals surface area (Å²) in [5.74, 6) is -0.558. The van der Waals surface area contributed by atoms with Gasteiger partial charge in [-0.25, -0.2) is 13.1 Å². The molecule has 0 saturated heterocycles. The molecule has 0 spiro atoms. The third-order valence-electron chi connectivity index (χ3n) is 3.13. The lowest BCUT2D eigenvalue weighted by Gasteiger charge is -2.22. The lowest BCUT2D eigenvalue weighted by Crippen LogP contribution is -2.31. The number of sulfonamides is 1. The Balaban J connectivity index is 2.45. The predicted molar refractivity (Wildman–Crippen MR) is 84.4 cm³/mol. The Morgan fingerprint density at radius 1 is 1.23 bits per heavy atom. The van der Waals surface area contributed by atoms with Crippen LogP contribution in [-0.4, -0.2) is 26.4 Å². The number of pyridine rings is 1. The Labute approximate surface area is 129 Å². The number of hydrogen-bond donors (Lipinski definition) is 1. The molecule has 0 bridgehead atoms. The quantitative estimate of drug-likeness (QED) is 0.912.